The molecule has 0 heterocycles. The van der Waals surface area contributed by atoms with E-state index < -0.39 is 28.5 Å². The number of nitrogens with one attached hydrogen (secondary N) is 1. The van der Waals surface area contributed by atoms with Gasteiger partial charge in [0.05, 0.1) is 17.7 Å². The number of anilines is 1. The third-order valence-electron chi connectivity index (χ3n) is 7.09. The number of methoxy groups -OCH3 is 1. The number of sulfonamides is 1. The summed E-state index contributed by atoms with van der Waals surface area (Å²) in [4.78, 5) is 29.6. The van der Waals surface area contributed by atoms with Gasteiger partial charge in [0.1, 0.15) is 18.3 Å². The van der Waals surface area contributed by atoms with Gasteiger partial charge in [-0.2, -0.15) is 0 Å². The van der Waals surface area contributed by atoms with Crippen molar-refractivity contribution in [1.82, 2.24) is 10.2 Å². The lowest BCUT2D eigenvalue weighted by molar-refractivity contribution is -0.140. The molecule has 44 heavy (non-hydrogen) atoms. The first-order valence-electron chi connectivity index (χ1n) is 14.3. The van der Waals surface area contributed by atoms with Gasteiger partial charge in [-0.05, 0) is 60.0 Å². The summed E-state index contributed by atoms with van der Waals surface area (Å²) >= 11 is 6.53. The molecule has 4 aromatic carbocycles. The summed E-state index contributed by atoms with van der Waals surface area (Å²) in [5, 5.41) is 3.36. The van der Waals surface area contributed by atoms with Crippen LogP contribution in [0.4, 0.5) is 5.69 Å². The fraction of sp³-hybridized carbons (Fsp3) is 0.235. The lowest BCUT2D eigenvalue weighted by Gasteiger charge is -2.34. The van der Waals surface area contributed by atoms with E-state index in [1.165, 1.54) is 24.1 Å². The minimum absolute atomic E-state index is 0.00259. The van der Waals surface area contributed by atoms with E-state index in [1.54, 1.807) is 66.7 Å². The van der Waals surface area contributed by atoms with Gasteiger partial charge < -0.3 is 15.0 Å². The third-order valence-corrected chi connectivity index (χ3v) is 9.25. The van der Waals surface area contributed by atoms with Crippen LogP contribution >= 0.6 is 11.6 Å². The zero-order valence-electron chi connectivity index (χ0n) is 24.7. The molecule has 0 saturated carbocycles. The van der Waals surface area contributed by atoms with E-state index in [2.05, 4.69) is 5.32 Å². The number of hydrogen-bond acceptors (Lipinski definition) is 5. The maximum Gasteiger partial charge on any atom is 0.264 e. The molecule has 1 N–H and O–H groups in total. The summed E-state index contributed by atoms with van der Waals surface area (Å²) in [7, 11) is -2.67. The summed E-state index contributed by atoms with van der Waals surface area (Å²) in [6.07, 6.45) is 0.934. The fourth-order valence-corrected chi connectivity index (χ4v) is 6.36. The van der Waals surface area contributed by atoms with Gasteiger partial charge in [-0.1, -0.05) is 85.3 Å². The molecule has 10 heteroatoms. The number of rotatable bonds is 14. The van der Waals surface area contributed by atoms with Crippen molar-refractivity contribution in [2.45, 2.75) is 37.2 Å². The van der Waals surface area contributed by atoms with Crippen LogP contribution in [-0.2, 0) is 32.6 Å². The van der Waals surface area contributed by atoms with E-state index in [0.717, 1.165) is 9.87 Å². The lowest BCUT2D eigenvalue weighted by atomic mass is 10.0. The summed E-state index contributed by atoms with van der Waals surface area (Å²) in [5.41, 5.74) is 1.76. The van der Waals surface area contributed by atoms with Gasteiger partial charge in [0.25, 0.3) is 10.0 Å². The lowest BCUT2D eigenvalue weighted by Crippen LogP contribution is -2.53. The summed E-state index contributed by atoms with van der Waals surface area (Å²) in [6, 6.07) is 29.9. The number of amides is 2. The standard InChI is InChI=1S/C34H36ClN3O5S/c1-3-22-36-34(40)32(23-26-12-6-4-7-13-26)37(24-27-14-10-11-17-31(27)35)33(39)25-38(28-18-20-29(43-2)21-19-28)44(41,42)30-15-8-5-9-16-30/h4-21,32H,3,22-25H2,1-2H3,(H,36,40). The van der Waals surface area contributed by atoms with Crippen molar-refractivity contribution in [3.63, 3.8) is 0 Å². The highest BCUT2D eigenvalue weighted by Gasteiger charge is 2.34. The Balaban J connectivity index is 1.80. The van der Waals surface area contributed by atoms with E-state index in [9.17, 15) is 18.0 Å². The molecule has 0 aliphatic carbocycles. The summed E-state index contributed by atoms with van der Waals surface area (Å²) in [5.74, 6) is -0.362. The predicted molar refractivity (Wildman–Crippen MR) is 173 cm³/mol. The average molecular weight is 634 g/mol. The van der Waals surface area contributed by atoms with Gasteiger partial charge in [-0.25, -0.2) is 8.42 Å². The zero-order chi connectivity index (χ0) is 31.5. The fourth-order valence-electron chi connectivity index (χ4n) is 4.73. The topological polar surface area (TPSA) is 96.0 Å². The van der Waals surface area contributed by atoms with Crippen LogP contribution < -0.4 is 14.4 Å². The van der Waals surface area contributed by atoms with Gasteiger partial charge in [-0.15, -0.1) is 0 Å². The smallest absolute Gasteiger partial charge is 0.264 e. The monoisotopic (exact) mass is 633 g/mol. The predicted octanol–water partition coefficient (Wildman–Crippen LogP) is 5.71. The molecule has 0 spiro atoms. The highest BCUT2D eigenvalue weighted by atomic mass is 35.5. The highest BCUT2D eigenvalue weighted by Crippen LogP contribution is 2.27. The number of benzene rings is 4. The maximum atomic E-state index is 14.4. The van der Waals surface area contributed by atoms with Crippen LogP contribution in [0.1, 0.15) is 24.5 Å². The van der Waals surface area contributed by atoms with Crippen LogP contribution in [0.3, 0.4) is 0 Å². The zero-order valence-corrected chi connectivity index (χ0v) is 26.3. The van der Waals surface area contributed by atoms with E-state index >= 15 is 0 Å². The van der Waals surface area contributed by atoms with Crippen molar-refractivity contribution < 1.29 is 22.7 Å². The first kappa shape index (κ1) is 32.6. The molecule has 0 aliphatic rings. The molecule has 8 nitrogen and oxygen atoms in total. The molecule has 0 saturated heterocycles. The summed E-state index contributed by atoms with van der Waals surface area (Å²) < 4.78 is 34.4. The molecule has 1 unspecified atom stereocenters. The van der Waals surface area contributed by atoms with Crippen molar-refractivity contribution >= 4 is 39.1 Å². The number of hydrogen-bond donors (Lipinski definition) is 1. The van der Waals surface area contributed by atoms with Crippen molar-refractivity contribution in [2.24, 2.45) is 0 Å². The van der Waals surface area contributed by atoms with Crippen molar-refractivity contribution in [1.29, 1.82) is 0 Å². The highest BCUT2D eigenvalue weighted by molar-refractivity contribution is 7.92. The maximum absolute atomic E-state index is 14.4. The molecule has 1 atom stereocenters. The molecule has 0 fully saturated rings. The first-order valence-corrected chi connectivity index (χ1v) is 16.1. The molecule has 4 aromatic rings. The summed E-state index contributed by atoms with van der Waals surface area (Å²) in [6.45, 7) is 1.82. The molecule has 2 amide bonds. The van der Waals surface area contributed by atoms with E-state index in [1.807, 2.05) is 37.3 Å². The van der Waals surface area contributed by atoms with Crippen LogP contribution in [-0.4, -0.2) is 51.4 Å². The Morgan fingerprint density at radius 2 is 1.48 bits per heavy atom. The number of carbonyl (C=O) groups is 2. The second-order valence-corrected chi connectivity index (χ2v) is 12.4. The van der Waals surface area contributed by atoms with Crippen LogP contribution in [0.2, 0.25) is 5.02 Å². The molecular formula is C34H36ClN3O5S. The Kier molecular flexibility index (Phi) is 11.4. The van der Waals surface area contributed by atoms with Gasteiger partial charge in [0.2, 0.25) is 11.8 Å². The van der Waals surface area contributed by atoms with Gasteiger partial charge in [-0.3, -0.25) is 13.9 Å². The largest absolute Gasteiger partial charge is 0.497 e. The quantitative estimate of drug-likeness (QED) is 0.192. The molecule has 230 valence electrons. The van der Waals surface area contributed by atoms with Gasteiger partial charge >= 0.3 is 0 Å². The molecule has 0 aromatic heterocycles. The van der Waals surface area contributed by atoms with Gasteiger partial charge in [0.15, 0.2) is 0 Å². The number of ether oxygens (including phenoxy) is 1. The van der Waals surface area contributed by atoms with Crippen molar-refractivity contribution in [3.8, 4) is 5.75 Å². The molecule has 4 rings (SSSR count). The first-order chi connectivity index (χ1) is 21.2. The molecule has 0 bridgehead atoms. The second kappa shape index (κ2) is 15.4. The van der Waals surface area contributed by atoms with E-state index in [-0.39, 0.29) is 29.5 Å². The Bertz CT molecular complexity index is 1630. The van der Waals surface area contributed by atoms with Gasteiger partial charge in [0, 0.05) is 24.5 Å². The van der Waals surface area contributed by atoms with Crippen LogP contribution in [0.25, 0.3) is 0 Å². The minimum Gasteiger partial charge on any atom is -0.497 e. The van der Waals surface area contributed by atoms with Crippen LogP contribution in [0.5, 0.6) is 5.75 Å². The molecule has 0 radical (unpaired) electrons. The van der Waals surface area contributed by atoms with Crippen LogP contribution in [0, 0.1) is 0 Å². The number of halogens is 1. The molecular weight excluding hydrogens is 598 g/mol. The van der Waals surface area contributed by atoms with E-state index in [4.69, 9.17) is 16.3 Å². The Hall–Kier alpha value is -4.34. The van der Waals surface area contributed by atoms with Crippen LogP contribution in [0.15, 0.2) is 114 Å². The van der Waals surface area contributed by atoms with Crippen molar-refractivity contribution in [2.75, 3.05) is 24.5 Å². The molecule has 0 aliphatic heterocycles. The SMILES string of the molecule is CCCNC(=O)C(Cc1ccccc1)N(Cc1ccccc1Cl)C(=O)CN(c1ccc(OC)cc1)S(=O)(=O)c1ccccc1. The Labute approximate surface area is 264 Å². The third kappa shape index (κ3) is 8.18. The minimum atomic E-state index is -4.18. The normalized spacial score (nSPS) is 11.8. The Morgan fingerprint density at radius 3 is 2.09 bits per heavy atom. The Morgan fingerprint density at radius 1 is 0.864 bits per heavy atom. The van der Waals surface area contributed by atoms with Crippen molar-refractivity contribution in [3.05, 3.63) is 125 Å². The second-order valence-electron chi connectivity index (χ2n) is 10.1. The number of nitrogens with zero attached hydrogens (tertiary/aromatic N) is 2. The van der Waals surface area contributed by atoms with E-state index in [0.29, 0.717) is 29.3 Å². The number of carbonyl (C=O) groups excluding carboxylic acids is 2. The average Bonchev–Trinajstić information content (AvgIpc) is 3.05.